The number of para-hydroxylation sites is 1. The van der Waals surface area contributed by atoms with Crippen LogP contribution >= 0.6 is 12.2 Å². The van der Waals surface area contributed by atoms with Gasteiger partial charge in [0.15, 0.2) is 10.8 Å². The van der Waals surface area contributed by atoms with E-state index in [0.717, 1.165) is 11.3 Å². The van der Waals surface area contributed by atoms with Crippen molar-refractivity contribution in [3.8, 4) is 5.75 Å². The van der Waals surface area contributed by atoms with Crippen molar-refractivity contribution in [2.24, 2.45) is 5.92 Å². The topological polar surface area (TPSA) is 59.6 Å². The average molecular weight is 278 g/mol. The van der Waals surface area contributed by atoms with Crippen molar-refractivity contribution >= 4 is 23.3 Å². The molecule has 3 rings (SSSR count). The van der Waals surface area contributed by atoms with Gasteiger partial charge in [0.05, 0.1) is 13.2 Å². The zero-order chi connectivity index (χ0) is 13.6. The van der Waals surface area contributed by atoms with E-state index >= 15 is 0 Å². The van der Waals surface area contributed by atoms with E-state index in [1.807, 2.05) is 31.2 Å². The number of rotatable bonds is 1. The fourth-order valence-electron chi connectivity index (χ4n) is 2.77. The van der Waals surface area contributed by atoms with Gasteiger partial charge in [0.25, 0.3) is 0 Å². The van der Waals surface area contributed by atoms with Crippen LogP contribution in [0.5, 0.6) is 5.75 Å². The fourth-order valence-corrected chi connectivity index (χ4v) is 3.10. The third-order valence-electron chi connectivity index (χ3n) is 3.61. The van der Waals surface area contributed by atoms with Crippen molar-refractivity contribution < 1.29 is 14.3 Å². The van der Waals surface area contributed by atoms with E-state index in [2.05, 4.69) is 10.6 Å². The molecule has 1 aromatic carbocycles. The second kappa shape index (κ2) is 4.09. The van der Waals surface area contributed by atoms with Crippen LogP contribution in [0.4, 0.5) is 0 Å². The molecule has 1 aromatic rings. The SMILES string of the molecule is COC(=O)[C@H]1[C@H]2NC(=S)N[C@@]1(C)Oc1ccccc12. The number of thiocarbonyl (C=S) groups is 1. The second-order valence-electron chi connectivity index (χ2n) is 4.82. The van der Waals surface area contributed by atoms with Gasteiger partial charge in [-0.05, 0) is 25.2 Å². The first-order valence-corrected chi connectivity index (χ1v) is 6.40. The third kappa shape index (κ3) is 1.74. The van der Waals surface area contributed by atoms with E-state index in [4.69, 9.17) is 21.7 Å². The van der Waals surface area contributed by atoms with Crippen LogP contribution in [0, 0.1) is 5.92 Å². The summed E-state index contributed by atoms with van der Waals surface area (Å²) < 4.78 is 10.9. The van der Waals surface area contributed by atoms with Crippen molar-refractivity contribution in [3.05, 3.63) is 29.8 Å². The van der Waals surface area contributed by atoms with Crippen LogP contribution in [0.25, 0.3) is 0 Å². The minimum Gasteiger partial charge on any atom is -0.469 e. The smallest absolute Gasteiger partial charge is 0.317 e. The number of hydrogen-bond donors (Lipinski definition) is 2. The summed E-state index contributed by atoms with van der Waals surface area (Å²) in [6.45, 7) is 1.81. The Morgan fingerprint density at radius 3 is 2.95 bits per heavy atom. The van der Waals surface area contributed by atoms with E-state index < -0.39 is 11.6 Å². The monoisotopic (exact) mass is 278 g/mol. The summed E-state index contributed by atoms with van der Waals surface area (Å²) in [6.07, 6.45) is 0. The molecule has 1 saturated heterocycles. The number of hydrogen-bond acceptors (Lipinski definition) is 4. The van der Waals surface area contributed by atoms with Gasteiger partial charge in [-0.25, -0.2) is 0 Å². The van der Waals surface area contributed by atoms with E-state index in [1.165, 1.54) is 7.11 Å². The van der Waals surface area contributed by atoms with Gasteiger partial charge < -0.3 is 20.1 Å². The normalized spacial score (nSPS) is 31.4. The molecular weight excluding hydrogens is 264 g/mol. The highest BCUT2D eigenvalue weighted by Gasteiger charge is 2.55. The molecule has 100 valence electrons. The summed E-state index contributed by atoms with van der Waals surface area (Å²) >= 11 is 5.18. The van der Waals surface area contributed by atoms with Crippen LogP contribution in [0.3, 0.4) is 0 Å². The first-order valence-electron chi connectivity index (χ1n) is 5.99. The lowest BCUT2D eigenvalue weighted by Crippen LogP contribution is -2.69. The largest absolute Gasteiger partial charge is 0.469 e. The maximum absolute atomic E-state index is 12.1. The molecule has 0 aromatic heterocycles. The first-order chi connectivity index (χ1) is 9.05. The van der Waals surface area contributed by atoms with Gasteiger partial charge in [0.2, 0.25) is 0 Å². The number of methoxy groups -OCH3 is 1. The summed E-state index contributed by atoms with van der Waals surface area (Å²) in [5.74, 6) is -0.0822. The second-order valence-corrected chi connectivity index (χ2v) is 5.23. The predicted molar refractivity (Wildman–Crippen MR) is 72.6 cm³/mol. The Kier molecular flexibility index (Phi) is 2.63. The Bertz CT molecular complexity index is 563. The molecule has 5 nitrogen and oxygen atoms in total. The Balaban J connectivity index is 2.14. The summed E-state index contributed by atoms with van der Waals surface area (Å²) in [4.78, 5) is 12.1. The van der Waals surface area contributed by atoms with Crippen LogP contribution in [0.15, 0.2) is 24.3 Å². The summed E-state index contributed by atoms with van der Waals surface area (Å²) in [5.41, 5.74) is 0.0216. The van der Waals surface area contributed by atoms with Crippen LogP contribution in [0.1, 0.15) is 18.5 Å². The van der Waals surface area contributed by atoms with E-state index in [-0.39, 0.29) is 12.0 Å². The van der Waals surface area contributed by atoms with E-state index in [1.54, 1.807) is 0 Å². The molecule has 2 N–H and O–H groups in total. The molecule has 19 heavy (non-hydrogen) atoms. The van der Waals surface area contributed by atoms with Crippen LogP contribution in [-0.2, 0) is 9.53 Å². The number of esters is 1. The van der Waals surface area contributed by atoms with Crippen LogP contribution in [0.2, 0.25) is 0 Å². The van der Waals surface area contributed by atoms with Crippen molar-refractivity contribution in [2.75, 3.05) is 7.11 Å². The molecule has 0 saturated carbocycles. The Morgan fingerprint density at radius 1 is 1.47 bits per heavy atom. The molecule has 0 aliphatic carbocycles. The van der Waals surface area contributed by atoms with Gasteiger partial charge in [0.1, 0.15) is 11.7 Å². The van der Waals surface area contributed by atoms with Gasteiger partial charge in [-0.1, -0.05) is 18.2 Å². The number of nitrogens with one attached hydrogen (secondary N) is 2. The third-order valence-corrected chi connectivity index (χ3v) is 3.83. The number of carbonyl (C=O) groups excluding carboxylic acids is 1. The van der Waals surface area contributed by atoms with Crippen LogP contribution < -0.4 is 15.4 Å². The minimum absolute atomic E-state index is 0.240. The molecule has 2 heterocycles. The summed E-state index contributed by atoms with van der Waals surface area (Å²) in [7, 11) is 1.38. The summed E-state index contributed by atoms with van der Waals surface area (Å²) in [6, 6.07) is 7.37. The molecule has 0 radical (unpaired) electrons. The molecule has 2 aliphatic rings. The summed E-state index contributed by atoms with van der Waals surface area (Å²) in [5, 5.41) is 6.64. The Morgan fingerprint density at radius 2 is 2.21 bits per heavy atom. The van der Waals surface area contributed by atoms with Crippen molar-refractivity contribution in [2.45, 2.75) is 18.7 Å². The quantitative estimate of drug-likeness (QED) is 0.593. The van der Waals surface area contributed by atoms with Crippen molar-refractivity contribution in [1.82, 2.24) is 10.6 Å². The molecule has 2 aliphatic heterocycles. The fraction of sp³-hybridized carbons (Fsp3) is 0.385. The van der Waals surface area contributed by atoms with Gasteiger partial charge >= 0.3 is 5.97 Å². The highest BCUT2D eigenvalue weighted by atomic mass is 32.1. The molecule has 0 unspecified atom stereocenters. The van der Waals surface area contributed by atoms with E-state index in [0.29, 0.717) is 5.11 Å². The highest BCUT2D eigenvalue weighted by molar-refractivity contribution is 7.80. The predicted octanol–water partition coefficient (Wildman–Crippen LogP) is 1.10. The maximum atomic E-state index is 12.1. The standard InChI is InChI=1S/C13H14N2O3S/c1-13-9(11(16)17-2)10(14-12(19)15-13)7-5-3-4-6-8(7)18-13/h3-6,9-10H,1-2H3,(H2,14,15,19)/t9-,10+,13+/m1/s1. The van der Waals surface area contributed by atoms with Crippen LogP contribution in [-0.4, -0.2) is 23.9 Å². The number of fused-ring (bicyclic) bond motifs is 4. The molecular formula is C13H14N2O3S. The lowest BCUT2D eigenvalue weighted by Gasteiger charge is -2.49. The zero-order valence-corrected chi connectivity index (χ0v) is 11.4. The lowest BCUT2D eigenvalue weighted by molar-refractivity contribution is -0.159. The lowest BCUT2D eigenvalue weighted by atomic mass is 9.80. The number of carbonyl (C=O) groups is 1. The van der Waals surface area contributed by atoms with Crippen molar-refractivity contribution in [3.63, 3.8) is 0 Å². The van der Waals surface area contributed by atoms with Gasteiger partial charge in [-0.2, -0.15) is 0 Å². The molecule has 0 amide bonds. The van der Waals surface area contributed by atoms with E-state index in [9.17, 15) is 4.79 Å². The number of ether oxygens (including phenoxy) is 2. The number of benzene rings is 1. The van der Waals surface area contributed by atoms with Gasteiger partial charge in [-0.15, -0.1) is 0 Å². The molecule has 0 spiro atoms. The molecule has 1 fully saturated rings. The minimum atomic E-state index is -0.894. The molecule has 2 bridgehead atoms. The Labute approximate surface area is 116 Å². The maximum Gasteiger partial charge on any atom is 0.317 e. The molecule has 6 heteroatoms. The van der Waals surface area contributed by atoms with Gasteiger partial charge in [0, 0.05) is 5.56 Å². The van der Waals surface area contributed by atoms with Gasteiger partial charge in [-0.3, -0.25) is 4.79 Å². The zero-order valence-electron chi connectivity index (χ0n) is 10.6. The average Bonchev–Trinajstić information content (AvgIpc) is 2.36. The first kappa shape index (κ1) is 12.2. The Hall–Kier alpha value is -1.82. The molecule has 3 atom stereocenters. The van der Waals surface area contributed by atoms with Crippen molar-refractivity contribution in [1.29, 1.82) is 0 Å². The highest BCUT2D eigenvalue weighted by Crippen LogP contribution is 2.44.